The number of hydrogen-bond donors (Lipinski definition) is 0. The molecule has 0 amide bonds. The number of para-hydroxylation sites is 1. The monoisotopic (exact) mass is 420 g/mol. The van der Waals surface area contributed by atoms with Crippen molar-refractivity contribution in [2.75, 3.05) is 0 Å². The molecule has 0 radical (unpaired) electrons. The molecule has 0 aromatic heterocycles. The third kappa shape index (κ3) is 3.33. The molecular formula is C23H17BrO3. The minimum absolute atomic E-state index is 0.175. The molecule has 1 aliphatic heterocycles. The smallest absolute Gasteiger partial charge is 0.322 e. The minimum Gasteiger partial charge on any atom is -0.425 e. The highest BCUT2D eigenvalue weighted by molar-refractivity contribution is 9.10. The number of carbonyl (C=O) groups excluding carboxylic acids is 2. The second-order valence-electron chi connectivity index (χ2n) is 6.68. The van der Waals surface area contributed by atoms with Gasteiger partial charge in [0.15, 0.2) is 5.78 Å². The lowest BCUT2D eigenvalue weighted by atomic mass is 9.81. The average Bonchev–Trinajstić information content (AvgIpc) is 2.68. The Morgan fingerprint density at radius 3 is 2.11 bits per heavy atom. The van der Waals surface area contributed by atoms with E-state index in [1.165, 1.54) is 0 Å². The van der Waals surface area contributed by atoms with Crippen LogP contribution in [0.2, 0.25) is 0 Å². The van der Waals surface area contributed by atoms with Gasteiger partial charge in [-0.1, -0.05) is 71.4 Å². The maximum Gasteiger partial charge on any atom is 0.322 e. The molecule has 1 heterocycles. The first-order valence-electron chi connectivity index (χ1n) is 8.75. The van der Waals surface area contributed by atoms with Crippen LogP contribution >= 0.6 is 15.9 Å². The molecule has 3 aromatic carbocycles. The lowest BCUT2D eigenvalue weighted by Gasteiger charge is -2.26. The molecule has 4 heteroatoms. The summed E-state index contributed by atoms with van der Waals surface area (Å²) in [6, 6.07) is 23.0. The Morgan fingerprint density at radius 1 is 0.852 bits per heavy atom. The topological polar surface area (TPSA) is 43.4 Å². The van der Waals surface area contributed by atoms with E-state index in [2.05, 4.69) is 15.9 Å². The highest BCUT2D eigenvalue weighted by atomic mass is 79.9. The van der Waals surface area contributed by atoms with Crippen molar-refractivity contribution in [2.24, 2.45) is 5.92 Å². The Morgan fingerprint density at radius 2 is 1.44 bits per heavy atom. The average molecular weight is 421 g/mol. The van der Waals surface area contributed by atoms with Crippen molar-refractivity contribution in [1.29, 1.82) is 0 Å². The van der Waals surface area contributed by atoms with Crippen molar-refractivity contribution in [1.82, 2.24) is 0 Å². The summed E-state index contributed by atoms with van der Waals surface area (Å²) in [6.07, 6.45) is 0. The predicted octanol–water partition coefficient (Wildman–Crippen LogP) is 5.64. The van der Waals surface area contributed by atoms with Crippen LogP contribution < -0.4 is 4.74 Å². The van der Waals surface area contributed by atoms with E-state index in [0.717, 1.165) is 21.2 Å². The molecule has 0 aliphatic carbocycles. The Bertz CT molecular complexity index is 1010. The summed E-state index contributed by atoms with van der Waals surface area (Å²) < 4.78 is 6.43. The van der Waals surface area contributed by atoms with E-state index in [-0.39, 0.29) is 11.7 Å². The van der Waals surface area contributed by atoms with Gasteiger partial charge in [0.2, 0.25) is 0 Å². The van der Waals surface area contributed by atoms with Gasteiger partial charge in [-0.3, -0.25) is 9.59 Å². The lowest BCUT2D eigenvalue weighted by Crippen LogP contribution is -2.36. The van der Waals surface area contributed by atoms with Crippen LogP contribution in [0, 0.1) is 5.92 Å². The van der Waals surface area contributed by atoms with Crippen LogP contribution in [0.15, 0.2) is 77.3 Å². The number of fused-ring (bicyclic) bond motifs is 1. The van der Waals surface area contributed by atoms with E-state index < -0.39 is 11.9 Å². The number of halogens is 1. The van der Waals surface area contributed by atoms with Crippen LogP contribution in [-0.2, 0) is 4.79 Å². The number of esters is 1. The van der Waals surface area contributed by atoms with E-state index in [9.17, 15) is 9.59 Å². The SMILES string of the molecule is CC(c1ccc(-c2ccc(Br)cc2)cc1)C1C(=O)Oc2ccccc2C1=O. The molecule has 0 N–H and O–H groups in total. The zero-order valence-corrected chi connectivity index (χ0v) is 16.3. The van der Waals surface area contributed by atoms with Gasteiger partial charge in [-0.2, -0.15) is 0 Å². The number of carbonyl (C=O) groups is 2. The van der Waals surface area contributed by atoms with Crippen molar-refractivity contribution >= 4 is 27.7 Å². The number of hydrogen-bond acceptors (Lipinski definition) is 3. The van der Waals surface area contributed by atoms with Crippen molar-refractivity contribution in [3.05, 3.63) is 88.4 Å². The summed E-state index contributed by atoms with van der Waals surface area (Å²) in [5.74, 6) is -1.40. The van der Waals surface area contributed by atoms with E-state index in [1.807, 2.05) is 55.5 Å². The van der Waals surface area contributed by atoms with Crippen LogP contribution in [-0.4, -0.2) is 11.8 Å². The summed E-state index contributed by atoms with van der Waals surface area (Å²) in [4.78, 5) is 25.3. The zero-order valence-electron chi connectivity index (χ0n) is 14.7. The van der Waals surface area contributed by atoms with Crippen LogP contribution in [0.25, 0.3) is 11.1 Å². The Hall–Kier alpha value is -2.72. The number of Topliss-reactive ketones (excluding diaryl/α,β-unsaturated/α-hetero) is 1. The van der Waals surface area contributed by atoms with Gasteiger partial charge in [0.25, 0.3) is 0 Å². The molecule has 0 saturated heterocycles. The number of ether oxygens (including phenoxy) is 1. The second-order valence-corrected chi connectivity index (χ2v) is 7.59. The van der Waals surface area contributed by atoms with Crippen LogP contribution in [0.4, 0.5) is 0 Å². The van der Waals surface area contributed by atoms with Gasteiger partial charge in [0, 0.05) is 10.4 Å². The zero-order chi connectivity index (χ0) is 19.0. The molecule has 2 atom stereocenters. The van der Waals surface area contributed by atoms with Crippen molar-refractivity contribution in [3.8, 4) is 16.9 Å². The molecule has 2 unspecified atom stereocenters. The van der Waals surface area contributed by atoms with Gasteiger partial charge in [0.1, 0.15) is 11.7 Å². The van der Waals surface area contributed by atoms with Gasteiger partial charge in [-0.15, -0.1) is 0 Å². The first kappa shape index (κ1) is 17.7. The van der Waals surface area contributed by atoms with E-state index in [1.54, 1.807) is 24.3 Å². The standard InChI is InChI=1S/C23H17BrO3/c1-14(21-22(25)19-4-2-3-5-20(19)27-23(21)26)15-6-8-16(9-7-15)17-10-12-18(24)13-11-17/h2-14,21H,1H3. The fourth-order valence-electron chi connectivity index (χ4n) is 3.45. The third-order valence-electron chi connectivity index (χ3n) is 5.01. The predicted molar refractivity (Wildman–Crippen MR) is 108 cm³/mol. The number of rotatable bonds is 3. The van der Waals surface area contributed by atoms with E-state index in [0.29, 0.717) is 11.3 Å². The van der Waals surface area contributed by atoms with Crippen molar-refractivity contribution in [3.63, 3.8) is 0 Å². The molecule has 0 spiro atoms. The molecule has 0 saturated carbocycles. The third-order valence-corrected chi connectivity index (χ3v) is 5.54. The Balaban J connectivity index is 1.61. The summed E-state index contributed by atoms with van der Waals surface area (Å²) >= 11 is 3.44. The fraction of sp³-hybridized carbons (Fsp3) is 0.130. The summed E-state index contributed by atoms with van der Waals surface area (Å²) in [5, 5.41) is 0. The number of ketones is 1. The van der Waals surface area contributed by atoms with Crippen LogP contribution in [0.1, 0.15) is 28.8 Å². The van der Waals surface area contributed by atoms with Crippen molar-refractivity contribution < 1.29 is 14.3 Å². The Labute approximate surface area is 166 Å². The van der Waals surface area contributed by atoms with E-state index >= 15 is 0 Å². The fourth-order valence-corrected chi connectivity index (χ4v) is 3.72. The second kappa shape index (κ2) is 7.12. The van der Waals surface area contributed by atoms with Crippen molar-refractivity contribution in [2.45, 2.75) is 12.8 Å². The first-order valence-corrected chi connectivity index (χ1v) is 9.55. The van der Waals surface area contributed by atoms with Gasteiger partial charge >= 0.3 is 5.97 Å². The molecule has 134 valence electrons. The maximum absolute atomic E-state index is 12.9. The van der Waals surface area contributed by atoms with E-state index in [4.69, 9.17) is 4.74 Å². The molecule has 0 bridgehead atoms. The van der Waals surface area contributed by atoms with Gasteiger partial charge in [-0.25, -0.2) is 0 Å². The molecule has 3 nitrogen and oxygen atoms in total. The quantitative estimate of drug-likeness (QED) is 0.312. The molecule has 3 aromatic rings. The molecule has 1 aliphatic rings. The molecular weight excluding hydrogens is 404 g/mol. The molecule has 0 fully saturated rings. The highest BCUT2D eigenvalue weighted by Crippen LogP contribution is 2.36. The first-order chi connectivity index (χ1) is 13.0. The van der Waals surface area contributed by atoms with Gasteiger partial charge < -0.3 is 4.74 Å². The highest BCUT2D eigenvalue weighted by Gasteiger charge is 2.40. The summed E-state index contributed by atoms with van der Waals surface area (Å²) in [5.41, 5.74) is 3.60. The van der Waals surface area contributed by atoms with Gasteiger partial charge in [-0.05, 0) is 41.0 Å². The van der Waals surface area contributed by atoms with Crippen LogP contribution in [0.3, 0.4) is 0 Å². The lowest BCUT2D eigenvalue weighted by molar-refractivity contribution is -0.138. The molecule has 4 rings (SSSR count). The minimum atomic E-state index is -0.821. The summed E-state index contributed by atoms with van der Waals surface area (Å²) in [6.45, 7) is 1.90. The summed E-state index contributed by atoms with van der Waals surface area (Å²) in [7, 11) is 0. The van der Waals surface area contributed by atoms with Gasteiger partial charge in [0.05, 0.1) is 5.56 Å². The normalized spacial score (nSPS) is 17.2. The van der Waals surface area contributed by atoms with Crippen LogP contribution in [0.5, 0.6) is 5.75 Å². The Kier molecular flexibility index (Phi) is 4.66. The largest absolute Gasteiger partial charge is 0.425 e. The number of benzene rings is 3. The molecule has 27 heavy (non-hydrogen) atoms. The maximum atomic E-state index is 12.9.